The first-order valence-electron chi connectivity index (χ1n) is 7.25. The van der Waals surface area contributed by atoms with E-state index in [0.717, 1.165) is 0 Å². The first-order valence-corrected chi connectivity index (χ1v) is 9.82. The molecule has 2 N–H and O–H groups in total. The largest absolute Gasteiger partial charge is 0.321 e. The number of anilines is 2. The second-order valence-corrected chi connectivity index (χ2v) is 8.00. The highest BCUT2D eigenvalue weighted by Crippen LogP contribution is 2.18. The maximum Gasteiger partial charge on any atom is 0.277 e. The van der Waals surface area contributed by atoms with Crippen LogP contribution in [-0.4, -0.2) is 34.1 Å². The van der Waals surface area contributed by atoms with Crippen molar-refractivity contribution in [2.75, 3.05) is 10.0 Å². The minimum Gasteiger partial charge on any atom is -0.321 e. The van der Waals surface area contributed by atoms with Gasteiger partial charge in [0.1, 0.15) is 0 Å². The van der Waals surface area contributed by atoms with Crippen molar-refractivity contribution in [3.63, 3.8) is 0 Å². The Bertz CT molecular complexity index is 1040. The van der Waals surface area contributed by atoms with Crippen molar-refractivity contribution in [2.24, 2.45) is 7.05 Å². The van der Waals surface area contributed by atoms with Gasteiger partial charge >= 0.3 is 0 Å². The molecule has 2 heterocycles. The fourth-order valence-electron chi connectivity index (χ4n) is 2.05. The number of aryl methyl sites for hydroxylation is 1. The normalized spacial score (nSPS) is 11.2. The quantitative estimate of drug-likeness (QED) is 0.534. The summed E-state index contributed by atoms with van der Waals surface area (Å²) in [6.45, 7) is 0. The average Bonchev–Trinajstić information content (AvgIpc) is 2.94. The first kappa shape index (κ1) is 18.3. The van der Waals surface area contributed by atoms with Crippen LogP contribution in [0.25, 0.3) is 0 Å². The molecule has 3 rings (SSSR count). The van der Waals surface area contributed by atoms with Crippen molar-refractivity contribution in [1.29, 1.82) is 0 Å². The van der Waals surface area contributed by atoms with Gasteiger partial charge in [-0.25, -0.2) is 23.1 Å². The maximum atomic E-state index is 12.3. The fraction of sp³-hybridized carbons (Fsp3) is 0.0667. The summed E-state index contributed by atoms with van der Waals surface area (Å²) < 4.78 is 29.2. The van der Waals surface area contributed by atoms with E-state index in [9.17, 15) is 13.2 Å². The number of hydrogen-bond donors (Lipinski definition) is 2. The predicted octanol–water partition coefficient (Wildman–Crippen LogP) is 1.87. The van der Waals surface area contributed by atoms with E-state index in [0.29, 0.717) is 15.0 Å². The van der Waals surface area contributed by atoms with E-state index in [4.69, 9.17) is 0 Å². The summed E-state index contributed by atoms with van der Waals surface area (Å²) in [5, 5.41) is 6.77. The number of carbonyl (C=O) groups is 1. The van der Waals surface area contributed by atoms with Gasteiger partial charge in [0.05, 0.1) is 8.47 Å². The van der Waals surface area contributed by atoms with Crippen LogP contribution in [0.1, 0.15) is 10.5 Å². The molecule has 9 nitrogen and oxygen atoms in total. The molecule has 0 saturated carbocycles. The Morgan fingerprint density at radius 2 is 1.81 bits per heavy atom. The monoisotopic (exact) mass is 484 g/mol. The van der Waals surface area contributed by atoms with Crippen LogP contribution in [0.3, 0.4) is 0 Å². The molecular weight excluding hydrogens is 471 g/mol. The van der Waals surface area contributed by atoms with Crippen molar-refractivity contribution in [2.45, 2.75) is 4.90 Å². The van der Waals surface area contributed by atoms with E-state index in [-0.39, 0.29) is 16.8 Å². The highest BCUT2D eigenvalue weighted by atomic mass is 127. The van der Waals surface area contributed by atoms with E-state index in [2.05, 4.69) is 25.1 Å². The Morgan fingerprint density at radius 1 is 1.15 bits per heavy atom. The molecule has 0 bridgehead atoms. The molecule has 11 heteroatoms. The van der Waals surface area contributed by atoms with Gasteiger partial charge in [-0.1, -0.05) is 0 Å². The Hall–Kier alpha value is -2.54. The van der Waals surface area contributed by atoms with Crippen LogP contribution >= 0.6 is 22.6 Å². The highest BCUT2D eigenvalue weighted by molar-refractivity contribution is 14.1. The van der Waals surface area contributed by atoms with Crippen LogP contribution in [0.2, 0.25) is 0 Å². The van der Waals surface area contributed by atoms with Gasteiger partial charge in [0, 0.05) is 31.3 Å². The number of benzene rings is 1. The van der Waals surface area contributed by atoms with Crippen LogP contribution in [0.5, 0.6) is 0 Å². The summed E-state index contributed by atoms with van der Waals surface area (Å²) in [5.74, 6) is -0.393. The molecule has 0 fully saturated rings. The zero-order valence-corrected chi connectivity index (χ0v) is 16.4. The lowest BCUT2D eigenvalue weighted by Gasteiger charge is -2.08. The Labute approximate surface area is 163 Å². The van der Waals surface area contributed by atoms with E-state index < -0.39 is 10.0 Å². The second-order valence-electron chi connectivity index (χ2n) is 5.16. The molecule has 0 unspecified atom stereocenters. The first-order chi connectivity index (χ1) is 12.3. The van der Waals surface area contributed by atoms with E-state index in [1.807, 2.05) is 22.6 Å². The van der Waals surface area contributed by atoms with Crippen LogP contribution in [0.15, 0.2) is 53.8 Å². The maximum absolute atomic E-state index is 12.3. The van der Waals surface area contributed by atoms with Crippen LogP contribution in [-0.2, 0) is 17.1 Å². The van der Waals surface area contributed by atoms with Gasteiger partial charge in [-0.2, -0.15) is 5.10 Å². The van der Waals surface area contributed by atoms with Gasteiger partial charge in [-0.3, -0.25) is 9.48 Å². The Kier molecular flexibility index (Phi) is 5.18. The molecule has 0 atom stereocenters. The lowest BCUT2D eigenvalue weighted by molar-refractivity contribution is 0.102. The van der Waals surface area contributed by atoms with Crippen molar-refractivity contribution in [1.82, 2.24) is 19.7 Å². The van der Waals surface area contributed by atoms with Crippen LogP contribution in [0.4, 0.5) is 11.6 Å². The number of hydrogen-bond acceptors (Lipinski definition) is 6. The number of nitrogens with zero attached hydrogens (tertiary/aromatic N) is 4. The zero-order valence-electron chi connectivity index (χ0n) is 13.4. The molecule has 0 saturated heterocycles. The van der Waals surface area contributed by atoms with Crippen LogP contribution < -0.4 is 10.0 Å². The average molecular weight is 484 g/mol. The summed E-state index contributed by atoms with van der Waals surface area (Å²) in [6, 6.07) is 7.33. The van der Waals surface area contributed by atoms with Gasteiger partial charge in [-0.15, -0.1) is 0 Å². The molecule has 134 valence electrons. The van der Waals surface area contributed by atoms with E-state index in [1.54, 1.807) is 24.0 Å². The fourth-order valence-corrected chi connectivity index (χ4v) is 3.77. The van der Waals surface area contributed by atoms with Gasteiger partial charge in [0.25, 0.3) is 15.9 Å². The number of sulfonamides is 1. The number of carbonyl (C=O) groups excluding carboxylic acids is 1. The molecule has 0 radical (unpaired) electrons. The third kappa shape index (κ3) is 4.16. The zero-order chi connectivity index (χ0) is 18.7. The molecule has 26 heavy (non-hydrogen) atoms. The van der Waals surface area contributed by atoms with E-state index >= 15 is 0 Å². The van der Waals surface area contributed by atoms with Gasteiger partial charge in [-0.05, 0) is 52.9 Å². The van der Waals surface area contributed by atoms with Crippen molar-refractivity contribution in [3.8, 4) is 0 Å². The smallest absolute Gasteiger partial charge is 0.277 e. The van der Waals surface area contributed by atoms with Crippen molar-refractivity contribution >= 4 is 50.2 Å². The van der Waals surface area contributed by atoms with Crippen LogP contribution in [0, 0.1) is 3.57 Å². The Morgan fingerprint density at radius 3 is 2.38 bits per heavy atom. The number of rotatable bonds is 5. The third-order valence-corrected chi connectivity index (χ3v) is 5.35. The minimum atomic E-state index is -3.82. The second kappa shape index (κ2) is 7.37. The molecule has 2 aromatic heterocycles. The molecule has 0 aliphatic carbocycles. The SMILES string of the molecule is Cn1cc(I)c(C(=O)Nc2ccc(S(=O)(=O)Nc3ncccn3)cc2)n1. The molecule has 0 aliphatic heterocycles. The molecule has 1 aromatic carbocycles. The summed E-state index contributed by atoms with van der Waals surface area (Å²) in [7, 11) is -2.09. The van der Waals surface area contributed by atoms with Gasteiger partial charge in [0.2, 0.25) is 5.95 Å². The highest BCUT2D eigenvalue weighted by Gasteiger charge is 2.17. The van der Waals surface area contributed by atoms with Crippen molar-refractivity contribution < 1.29 is 13.2 Å². The summed E-state index contributed by atoms with van der Waals surface area (Å²) in [6.07, 6.45) is 4.59. The van der Waals surface area contributed by atoms with Crippen molar-refractivity contribution in [3.05, 3.63) is 58.2 Å². The molecular formula is C15H13IN6O3S. The number of amides is 1. The standard InChI is InChI=1S/C15H13IN6O3S/c1-22-9-12(16)13(20-22)14(23)19-10-3-5-11(6-4-10)26(24,25)21-15-17-7-2-8-18-15/h2-9H,1H3,(H,19,23)(H,17,18,21). The summed E-state index contributed by atoms with van der Waals surface area (Å²) in [5.41, 5.74) is 0.749. The summed E-state index contributed by atoms with van der Waals surface area (Å²) >= 11 is 2.02. The van der Waals surface area contributed by atoms with Gasteiger partial charge in [0.15, 0.2) is 5.69 Å². The number of aromatic nitrogens is 4. The lowest BCUT2D eigenvalue weighted by atomic mass is 10.3. The van der Waals surface area contributed by atoms with E-state index in [1.165, 1.54) is 36.7 Å². The molecule has 3 aromatic rings. The Balaban J connectivity index is 1.74. The van der Waals surface area contributed by atoms with Gasteiger partial charge < -0.3 is 5.32 Å². The molecule has 0 aliphatic rings. The number of nitrogens with one attached hydrogen (secondary N) is 2. The molecule has 0 spiro atoms. The summed E-state index contributed by atoms with van der Waals surface area (Å²) in [4.78, 5) is 19.9. The minimum absolute atomic E-state index is 0.0189. The third-order valence-electron chi connectivity index (χ3n) is 3.21. The molecule has 1 amide bonds. The topological polar surface area (TPSA) is 119 Å². The lowest BCUT2D eigenvalue weighted by Crippen LogP contribution is -2.16. The number of halogens is 1. The predicted molar refractivity (Wildman–Crippen MR) is 103 cm³/mol.